The Hall–Kier alpha value is -0.830. The van der Waals surface area contributed by atoms with E-state index in [1.54, 1.807) is 0 Å². The fourth-order valence-electron chi connectivity index (χ4n) is 8.24. The molecule has 27 heavy (non-hydrogen) atoms. The highest BCUT2D eigenvalue weighted by molar-refractivity contribution is 5.66. The van der Waals surface area contributed by atoms with Gasteiger partial charge in [-0.3, -0.25) is 4.79 Å². The molecule has 1 N–H and O–H groups in total. The normalized spacial score (nSPS) is 51.6. The van der Waals surface area contributed by atoms with Crippen LogP contribution in [0.15, 0.2) is 12.7 Å². The van der Waals surface area contributed by atoms with Crippen LogP contribution in [0.25, 0.3) is 0 Å². The van der Waals surface area contributed by atoms with Crippen molar-refractivity contribution in [2.75, 3.05) is 0 Å². The zero-order chi connectivity index (χ0) is 19.4. The largest absolute Gasteiger partial charge is 0.463 e. The fraction of sp³-hybridized carbons (Fsp3) is 0.875. The molecule has 0 aromatic carbocycles. The smallest absolute Gasteiger partial charge is 0.302 e. The van der Waals surface area contributed by atoms with E-state index in [9.17, 15) is 9.90 Å². The number of carbonyl (C=O) groups is 1. The first-order chi connectivity index (χ1) is 12.7. The van der Waals surface area contributed by atoms with Gasteiger partial charge in [-0.1, -0.05) is 19.9 Å². The lowest BCUT2D eigenvalue weighted by molar-refractivity contribution is -0.168. The van der Waals surface area contributed by atoms with Crippen molar-refractivity contribution in [3.63, 3.8) is 0 Å². The van der Waals surface area contributed by atoms with Gasteiger partial charge in [0.15, 0.2) is 0 Å². The van der Waals surface area contributed by atoms with Gasteiger partial charge in [0.2, 0.25) is 0 Å². The Morgan fingerprint density at radius 1 is 1.11 bits per heavy atom. The van der Waals surface area contributed by atoms with E-state index in [-0.39, 0.29) is 17.5 Å². The van der Waals surface area contributed by atoms with Crippen LogP contribution in [0.1, 0.15) is 85.0 Å². The molecule has 3 nitrogen and oxygen atoms in total. The number of hydrogen-bond donors (Lipinski definition) is 1. The van der Waals surface area contributed by atoms with Gasteiger partial charge in [0.05, 0.1) is 5.60 Å². The predicted octanol–water partition coefficient (Wildman–Crippen LogP) is 5.27. The van der Waals surface area contributed by atoms with Crippen LogP contribution in [-0.2, 0) is 9.53 Å². The Kier molecular flexibility index (Phi) is 4.77. The highest BCUT2D eigenvalue weighted by atomic mass is 16.5. The summed E-state index contributed by atoms with van der Waals surface area (Å²) in [6, 6.07) is 0. The number of fused-ring (bicyclic) bond motifs is 5. The fourth-order valence-corrected chi connectivity index (χ4v) is 8.24. The number of ether oxygens (including phenoxy) is 1. The summed E-state index contributed by atoms with van der Waals surface area (Å²) in [5, 5.41) is 11.4. The molecule has 0 heterocycles. The second kappa shape index (κ2) is 6.61. The Bertz CT molecular complexity index is 615. The topological polar surface area (TPSA) is 46.5 Å². The van der Waals surface area contributed by atoms with Gasteiger partial charge in [-0.05, 0) is 98.7 Å². The van der Waals surface area contributed by atoms with Gasteiger partial charge < -0.3 is 9.84 Å². The third-order valence-electron chi connectivity index (χ3n) is 9.75. The molecule has 0 aromatic rings. The van der Waals surface area contributed by atoms with Gasteiger partial charge in [0.25, 0.3) is 0 Å². The van der Waals surface area contributed by atoms with Gasteiger partial charge in [0.1, 0.15) is 6.10 Å². The van der Waals surface area contributed by atoms with Crippen molar-refractivity contribution in [3.05, 3.63) is 12.7 Å². The first kappa shape index (κ1) is 19.5. The van der Waals surface area contributed by atoms with E-state index in [0.717, 1.165) is 43.9 Å². The van der Waals surface area contributed by atoms with E-state index in [0.29, 0.717) is 17.3 Å². The number of rotatable bonds is 3. The molecule has 0 radical (unpaired) electrons. The van der Waals surface area contributed by atoms with Crippen molar-refractivity contribution in [1.29, 1.82) is 0 Å². The van der Waals surface area contributed by atoms with Crippen LogP contribution < -0.4 is 0 Å². The summed E-state index contributed by atoms with van der Waals surface area (Å²) in [5.74, 6) is 2.76. The molecule has 0 saturated heterocycles. The number of aliphatic hydroxyl groups is 1. The molecule has 0 spiro atoms. The van der Waals surface area contributed by atoms with Crippen LogP contribution in [0.2, 0.25) is 0 Å². The Balaban J connectivity index is 1.54. The average Bonchev–Trinajstić information content (AvgIpc) is 2.86. The van der Waals surface area contributed by atoms with Crippen LogP contribution in [0, 0.1) is 34.5 Å². The molecule has 4 fully saturated rings. The summed E-state index contributed by atoms with van der Waals surface area (Å²) in [6.07, 6.45) is 13.2. The minimum atomic E-state index is -0.547. The maximum atomic E-state index is 11.4. The molecule has 4 saturated carbocycles. The van der Waals surface area contributed by atoms with Crippen LogP contribution in [0.3, 0.4) is 0 Å². The molecule has 4 rings (SSSR count). The molecule has 0 aromatic heterocycles. The molecule has 3 heteroatoms. The van der Waals surface area contributed by atoms with Gasteiger partial charge >= 0.3 is 5.97 Å². The third-order valence-corrected chi connectivity index (χ3v) is 9.75. The SMILES string of the molecule is C=CC[C@]1(O)CC[C@@H]2[C@@H]3CC[C@H]4C[C@H](OC(C)=O)CC[C@]4(C)[C@H]3CC[C@@]21C. The van der Waals surface area contributed by atoms with Crippen molar-refractivity contribution in [3.8, 4) is 0 Å². The van der Waals surface area contributed by atoms with Crippen LogP contribution in [0.4, 0.5) is 0 Å². The Morgan fingerprint density at radius 2 is 1.85 bits per heavy atom. The van der Waals surface area contributed by atoms with E-state index < -0.39 is 5.60 Å². The molecular formula is C24H38O3. The van der Waals surface area contributed by atoms with Crippen molar-refractivity contribution in [2.45, 2.75) is 96.7 Å². The summed E-state index contributed by atoms with van der Waals surface area (Å²) in [6.45, 7) is 10.4. The van der Waals surface area contributed by atoms with Crippen LogP contribution in [0.5, 0.6) is 0 Å². The minimum absolute atomic E-state index is 0.0560. The van der Waals surface area contributed by atoms with E-state index >= 15 is 0 Å². The highest BCUT2D eigenvalue weighted by Gasteiger charge is 2.64. The number of esters is 1. The first-order valence-corrected chi connectivity index (χ1v) is 11.2. The number of hydrogen-bond acceptors (Lipinski definition) is 3. The lowest BCUT2D eigenvalue weighted by atomic mass is 9.44. The highest BCUT2D eigenvalue weighted by Crippen LogP contribution is 2.68. The summed E-state index contributed by atoms with van der Waals surface area (Å²) in [4.78, 5) is 11.4. The lowest BCUT2D eigenvalue weighted by Crippen LogP contribution is -2.56. The summed E-state index contributed by atoms with van der Waals surface area (Å²) < 4.78 is 5.58. The van der Waals surface area contributed by atoms with Crippen molar-refractivity contribution in [2.24, 2.45) is 34.5 Å². The van der Waals surface area contributed by atoms with Gasteiger partial charge in [-0.2, -0.15) is 0 Å². The summed E-state index contributed by atoms with van der Waals surface area (Å²) in [7, 11) is 0. The Morgan fingerprint density at radius 3 is 2.56 bits per heavy atom. The summed E-state index contributed by atoms with van der Waals surface area (Å²) in [5.41, 5.74) is -0.102. The van der Waals surface area contributed by atoms with E-state index in [1.165, 1.54) is 39.0 Å². The monoisotopic (exact) mass is 374 g/mol. The maximum Gasteiger partial charge on any atom is 0.302 e. The van der Waals surface area contributed by atoms with Gasteiger partial charge in [-0.15, -0.1) is 6.58 Å². The van der Waals surface area contributed by atoms with Gasteiger partial charge in [-0.25, -0.2) is 0 Å². The molecular weight excluding hydrogens is 336 g/mol. The minimum Gasteiger partial charge on any atom is -0.463 e. The van der Waals surface area contributed by atoms with Crippen molar-refractivity contribution in [1.82, 2.24) is 0 Å². The third kappa shape index (κ3) is 2.82. The Labute approximate surface area is 164 Å². The molecule has 0 unspecified atom stereocenters. The standard InChI is InChI=1S/C24H38O3/c1-5-11-24(26)14-10-21-19-7-6-17-15-18(27-16(2)25)8-12-22(17,3)20(19)9-13-23(21,24)4/h5,17-21,26H,1,6-15H2,2-4H3/t17-,18+,19+,20-,21+,22-,23-,24-/m0/s1. The van der Waals surface area contributed by atoms with E-state index in [4.69, 9.17) is 4.74 Å². The maximum absolute atomic E-state index is 11.4. The first-order valence-electron chi connectivity index (χ1n) is 11.2. The molecule has 0 bridgehead atoms. The molecule has 4 aliphatic rings. The van der Waals surface area contributed by atoms with Crippen LogP contribution in [-0.4, -0.2) is 22.8 Å². The second-order valence-electron chi connectivity index (χ2n) is 10.7. The van der Waals surface area contributed by atoms with E-state index in [2.05, 4.69) is 20.4 Å². The van der Waals surface area contributed by atoms with Crippen LogP contribution >= 0.6 is 0 Å². The molecule has 0 amide bonds. The predicted molar refractivity (Wildman–Crippen MR) is 107 cm³/mol. The average molecular weight is 375 g/mol. The van der Waals surface area contributed by atoms with Crippen molar-refractivity contribution >= 4 is 5.97 Å². The quantitative estimate of drug-likeness (QED) is 0.541. The molecule has 4 aliphatic carbocycles. The number of carbonyl (C=O) groups excluding carboxylic acids is 1. The summed E-state index contributed by atoms with van der Waals surface area (Å²) >= 11 is 0. The zero-order valence-corrected chi connectivity index (χ0v) is 17.5. The molecule has 8 atom stereocenters. The molecule has 0 aliphatic heterocycles. The zero-order valence-electron chi connectivity index (χ0n) is 17.5. The van der Waals surface area contributed by atoms with Crippen molar-refractivity contribution < 1.29 is 14.6 Å². The second-order valence-corrected chi connectivity index (χ2v) is 10.7. The van der Waals surface area contributed by atoms with E-state index in [1.807, 2.05) is 6.08 Å². The van der Waals surface area contributed by atoms with Gasteiger partial charge in [0, 0.05) is 6.92 Å². The lowest BCUT2D eigenvalue weighted by Gasteiger charge is -2.61. The molecule has 152 valence electrons.